The van der Waals surface area contributed by atoms with Gasteiger partial charge >= 0.3 is 18.1 Å². The predicted molar refractivity (Wildman–Crippen MR) is 109 cm³/mol. The molecular formula is C20H23ClF3N3O5. The Morgan fingerprint density at radius 3 is 2.31 bits per heavy atom. The molecule has 8 nitrogen and oxygen atoms in total. The van der Waals surface area contributed by atoms with Crippen LogP contribution in [0.5, 0.6) is 0 Å². The molecule has 1 saturated heterocycles. The van der Waals surface area contributed by atoms with Crippen LogP contribution in [0.25, 0.3) is 11.0 Å². The molecule has 0 amide bonds. The second-order valence-electron chi connectivity index (χ2n) is 7.80. The molecule has 0 radical (unpaired) electrons. The van der Waals surface area contributed by atoms with E-state index < -0.39 is 53.2 Å². The number of esters is 2. The molecule has 4 atom stereocenters. The Morgan fingerprint density at radius 1 is 1.19 bits per heavy atom. The smallest absolute Gasteiger partial charge is 0.417 e. The zero-order valence-corrected chi connectivity index (χ0v) is 18.7. The maximum Gasteiger partial charge on any atom is 0.417 e. The highest BCUT2D eigenvalue weighted by molar-refractivity contribution is 6.32. The molecule has 1 aromatic heterocycles. The fourth-order valence-electron chi connectivity index (χ4n) is 3.63. The number of alkyl halides is 3. The number of ether oxygens (including phenoxy) is 3. The Kier molecular flexibility index (Phi) is 6.62. The number of hydrogen-bond acceptors (Lipinski definition) is 7. The standard InChI is InChI=1S/C20H23ClF3N3O5/c1-8(2)25-19-26-14-7-13(21)12(20(22,23)24)6-15(14)27(19)18-17(32-11(5)29)16(9(3)30-18)31-10(4)28/h6-9,16-18H,1-5H3,(H,25,26)/t9-,16-,17-,18-/m1/s1. The van der Waals surface area contributed by atoms with Crippen LogP contribution in [0.1, 0.15) is 46.4 Å². The number of aromatic nitrogens is 2. The van der Waals surface area contributed by atoms with Crippen LogP contribution in [0.4, 0.5) is 19.1 Å². The summed E-state index contributed by atoms with van der Waals surface area (Å²) >= 11 is 5.87. The van der Waals surface area contributed by atoms with Gasteiger partial charge in [-0.3, -0.25) is 14.2 Å². The van der Waals surface area contributed by atoms with Gasteiger partial charge in [0, 0.05) is 19.9 Å². The van der Waals surface area contributed by atoms with Gasteiger partial charge in [0.05, 0.1) is 27.7 Å². The molecule has 176 valence electrons. The normalized spacial score (nSPS) is 23.6. The lowest BCUT2D eigenvalue weighted by Gasteiger charge is -2.25. The van der Waals surface area contributed by atoms with E-state index >= 15 is 0 Å². The average molecular weight is 478 g/mol. The molecule has 1 N–H and O–H groups in total. The molecule has 1 aromatic carbocycles. The van der Waals surface area contributed by atoms with Crippen LogP contribution in [0.3, 0.4) is 0 Å². The van der Waals surface area contributed by atoms with Gasteiger partial charge in [0.1, 0.15) is 0 Å². The molecule has 2 aromatic rings. The fraction of sp³-hybridized carbons (Fsp3) is 0.550. The number of fused-ring (bicyclic) bond motifs is 1. The van der Waals surface area contributed by atoms with Gasteiger partial charge in [0.25, 0.3) is 0 Å². The van der Waals surface area contributed by atoms with E-state index in [1.54, 1.807) is 6.92 Å². The third kappa shape index (κ3) is 4.78. The number of imidazole rings is 1. The summed E-state index contributed by atoms with van der Waals surface area (Å²) in [7, 11) is 0. The van der Waals surface area contributed by atoms with Gasteiger partial charge in [-0.1, -0.05) is 11.6 Å². The van der Waals surface area contributed by atoms with E-state index in [1.165, 1.54) is 18.4 Å². The maximum atomic E-state index is 13.5. The van der Waals surface area contributed by atoms with Crippen LogP contribution < -0.4 is 5.32 Å². The van der Waals surface area contributed by atoms with E-state index in [1.807, 2.05) is 13.8 Å². The summed E-state index contributed by atoms with van der Waals surface area (Å²) in [6.45, 7) is 7.62. The number of nitrogens with zero attached hydrogens (tertiary/aromatic N) is 2. The summed E-state index contributed by atoms with van der Waals surface area (Å²) in [5, 5.41) is 2.56. The summed E-state index contributed by atoms with van der Waals surface area (Å²) in [6, 6.07) is 1.84. The Bertz CT molecular complexity index is 1040. The first kappa shape index (κ1) is 24.1. The molecule has 0 aliphatic carbocycles. The third-order valence-corrected chi connectivity index (χ3v) is 5.09. The van der Waals surface area contributed by atoms with Crippen LogP contribution >= 0.6 is 11.6 Å². The third-order valence-electron chi connectivity index (χ3n) is 4.78. The lowest BCUT2D eigenvalue weighted by atomic mass is 10.1. The predicted octanol–water partition coefficient (Wildman–Crippen LogP) is 4.31. The van der Waals surface area contributed by atoms with Gasteiger partial charge in [-0.15, -0.1) is 0 Å². The highest BCUT2D eigenvalue weighted by Crippen LogP contribution is 2.42. The molecule has 1 aliphatic heterocycles. The van der Waals surface area contributed by atoms with E-state index in [2.05, 4.69) is 10.3 Å². The number of rotatable bonds is 5. The van der Waals surface area contributed by atoms with Crippen molar-refractivity contribution >= 4 is 40.5 Å². The zero-order chi connectivity index (χ0) is 24.0. The summed E-state index contributed by atoms with van der Waals surface area (Å²) in [4.78, 5) is 27.8. The Morgan fingerprint density at radius 2 is 1.78 bits per heavy atom. The first-order valence-electron chi connectivity index (χ1n) is 9.84. The maximum absolute atomic E-state index is 13.5. The summed E-state index contributed by atoms with van der Waals surface area (Å²) < 4.78 is 58.6. The highest BCUT2D eigenvalue weighted by atomic mass is 35.5. The zero-order valence-electron chi connectivity index (χ0n) is 18.0. The van der Waals surface area contributed by atoms with Gasteiger partial charge in [0.2, 0.25) is 5.95 Å². The molecule has 0 unspecified atom stereocenters. The second-order valence-corrected chi connectivity index (χ2v) is 8.21. The van der Waals surface area contributed by atoms with Crippen LogP contribution in [-0.4, -0.2) is 45.8 Å². The number of carbonyl (C=O) groups is 2. The van der Waals surface area contributed by atoms with Gasteiger partial charge in [-0.2, -0.15) is 13.2 Å². The van der Waals surface area contributed by atoms with Crippen molar-refractivity contribution in [2.45, 2.75) is 71.4 Å². The summed E-state index contributed by atoms with van der Waals surface area (Å²) in [6.07, 6.45) is -8.63. The number of nitrogens with one attached hydrogen (secondary N) is 1. The molecule has 2 heterocycles. The number of hydrogen-bond donors (Lipinski definition) is 1. The number of benzene rings is 1. The molecule has 1 aliphatic rings. The first-order chi connectivity index (χ1) is 14.8. The first-order valence-corrected chi connectivity index (χ1v) is 10.2. The number of carbonyl (C=O) groups excluding carboxylic acids is 2. The van der Waals surface area contributed by atoms with Gasteiger partial charge in [-0.05, 0) is 32.9 Å². The Hall–Kier alpha value is -2.53. The van der Waals surface area contributed by atoms with E-state index in [0.717, 1.165) is 12.1 Å². The molecule has 32 heavy (non-hydrogen) atoms. The molecule has 12 heteroatoms. The molecule has 0 bridgehead atoms. The van der Waals surface area contributed by atoms with Crippen molar-refractivity contribution in [3.8, 4) is 0 Å². The molecular weight excluding hydrogens is 455 g/mol. The quantitative estimate of drug-likeness (QED) is 0.641. The minimum atomic E-state index is -4.70. The van der Waals surface area contributed by atoms with Crippen molar-refractivity contribution in [1.29, 1.82) is 0 Å². The fourth-order valence-corrected chi connectivity index (χ4v) is 3.90. The van der Waals surface area contributed by atoms with Crippen molar-refractivity contribution in [3.63, 3.8) is 0 Å². The van der Waals surface area contributed by atoms with Crippen LogP contribution in [0.15, 0.2) is 12.1 Å². The Labute approximate surface area is 187 Å². The molecule has 0 spiro atoms. The van der Waals surface area contributed by atoms with Gasteiger partial charge in [0.15, 0.2) is 18.4 Å². The summed E-state index contributed by atoms with van der Waals surface area (Å²) in [5.74, 6) is -1.11. The van der Waals surface area contributed by atoms with Crippen molar-refractivity contribution < 1.29 is 37.0 Å². The topological polar surface area (TPSA) is 91.7 Å². The number of anilines is 1. The van der Waals surface area contributed by atoms with E-state index in [9.17, 15) is 22.8 Å². The second kappa shape index (κ2) is 8.78. The van der Waals surface area contributed by atoms with Crippen molar-refractivity contribution in [1.82, 2.24) is 9.55 Å². The van der Waals surface area contributed by atoms with Crippen molar-refractivity contribution in [3.05, 3.63) is 22.7 Å². The van der Waals surface area contributed by atoms with E-state index in [4.69, 9.17) is 25.8 Å². The average Bonchev–Trinajstić information content (AvgIpc) is 3.09. The largest absolute Gasteiger partial charge is 0.456 e. The molecule has 0 saturated carbocycles. The minimum absolute atomic E-state index is 0.0581. The lowest BCUT2D eigenvalue weighted by Crippen LogP contribution is -2.38. The molecule has 1 fully saturated rings. The van der Waals surface area contributed by atoms with Crippen LogP contribution in [0, 0.1) is 0 Å². The van der Waals surface area contributed by atoms with Gasteiger partial charge in [-0.25, -0.2) is 4.98 Å². The van der Waals surface area contributed by atoms with E-state index in [0.29, 0.717) is 0 Å². The lowest BCUT2D eigenvalue weighted by molar-refractivity contribution is -0.165. The summed E-state index contributed by atoms with van der Waals surface area (Å²) in [5.41, 5.74) is -0.807. The number of halogens is 4. The minimum Gasteiger partial charge on any atom is -0.456 e. The molecule has 3 rings (SSSR count). The van der Waals surface area contributed by atoms with Crippen LogP contribution in [-0.2, 0) is 30.0 Å². The highest BCUT2D eigenvalue weighted by Gasteiger charge is 2.49. The van der Waals surface area contributed by atoms with Crippen LogP contribution in [0.2, 0.25) is 5.02 Å². The SMILES string of the molecule is CC(=O)O[C@@H]1[C@H](OC(C)=O)[C@@H](C)O[C@H]1n1c(NC(C)C)nc2cc(Cl)c(C(F)(F)F)cc21. The van der Waals surface area contributed by atoms with Gasteiger partial charge < -0.3 is 19.5 Å². The van der Waals surface area contributed by atoms with Crippen molar-refractivity contribution in [2.75, 3.05) is 5.32 Å². The Balaban J connectivity index is 2.23. The monoisotopic (exact) mass is 477 g/mol. The van der Waals surface area contributed by atoms with Crippen molar-refractivity contribution in [2.24, 2.45) is 0 Å². The van der Waals surface area contributed by atoms with E-state index in [-0.39, 0.29) is 23.0 Å².